The van der Waals surface area contributed by atoms with Crippen LogP contribution >= 0.6 is 0 Å². The van der Waals surface area contributed by atoms with Crippen LogP contribution in [0, 0.1) is 17.8 Å². The van der Waals surface area contributed by atoms with Gasteiger partial charge in [0.25, 0.3) is 0 Å². The van der Waals surface area contributed by atoms with E-state index in [1.54, 1.807) is 11.9 Å². The molecule has 27 heavy (non-hydrogen) atoms. The molecule has 150 valence electrons. The summed E-state index contributed by atoms with van der Waals surface area (Å²) in [5, 5.41) is 22.1. The van der Waals surface area contributed by atoms with Crippen LogP contribution in [0.25, 0.3) is 0 Å². The van der Waals surface area contributed by atoms with Crippen molar-refractivity contribution in [3.63, 3.8) is 0 Å². The molecule has 3 N–H and O–H groups in total. The van der Waals surface area contributed by atoms with Crippen LogP contribution in [0.1, 0.15) is 38.5 Å². The number of carbonyl (C=O) groups is 3. The monoisotopic (exact) mass is 378 g/mol. The molecule has 0 aliphatic heterocycles. The Morgan fingerprint density at radius 1 is 1.22 bits per heavy atom. The molecule has 5 atom stereocenters. The molecule has 0 bridgehead atoms. The first-order valence-corrected chi connectivity index (χ1v) is 9.48. The van der Waals surface area contributed by atoms with Gasteiger partial charge in [-0.15, -0.1) is 13.2 Å². The minimum absolute atomic E-state index is 0.168. The maximum absolute atomic E-state index is 12.8. The Kier molecular flexibility index (Phi) is 6.81. The zero-order chi connectivity index (χ0) is 20.2. The van der Waals surface area contributed by atoms with Crippen LogP contribution in [0.4, 0.5) is 0 Å². The number of aliphatic hydroxyl groups is 1. The van der Waals surface area contributed by atoms with E-state index in [0.29, 0.717) is 13.0 Å². The third-order valence-electron chi connectivity index (χ3n) is 5.75. The molecule has 0 aromatic heterocycles. The molecule has 0 radical (unpaired) electrons. The number of nitrogens with one attached hydrogen (secondary N) is 1. The van der Waals surface area contributed by atoms with Gasteiger partial charge >= 0.3 is 5.97 Å². The molecule has 2 fully saturated rings. The molecule has 2 amide bonds. The molecule has 0 spiro atoms. The number of unbranched alkanes of at least 4 members (excludes halogenated alkanes) is 2. The lowest BCUT2D eigenvalue weighted by molar-refractivity contribution is -0.145. The smallest absolute Gasteiger partial charge is 0.330 e. The average Bonchev–Trinajstić information content (AvgIpc) is 3.21. The van der Waals surface area contributed by atoms with Gasteiger partial charge in [-0.2, -0.15) is 0 Å². The maximum Gasteiger partial charge on any atom is 0.330 e. The van der Waals surface area contributed by atoms with Gasteiger partial charge in [-0.25, -0.2) is 4.79 Å². The van der Waals surface area contributed by atoms with Crippen molar-refractivity contribution in [2.24, 2.45) is 17.8 Å². The first-order valence-electron chi connectivity index (χ1n) is 9.48. The summed E-state index contributed by atoms with van der Waals surface area (Å²) in [6, 6.07) is 0. The van der Waals surface area contributed by atoms with Crippen molar-refractivity contribution in [3.8, 4) is 0 Å². The largest absolute Gasteiger partial charge is 0.479 e. The van der Waals surface area contributed by atoms with E-state index in [2.05, 4.69) is 18.5 Å². The Morgan fingerprint density at radius 3 is 2.44 bits per heavy atom. The molecule has 7 nitrogen and oxygen atoms in total. The van der Waals surface area contributed by atoms with E-state index in [4.69, 9.17) is 0 Å². The molecular formula is C20H30N2O5. The van der Waals surface area contributed by atoms with Gasteiger partial charge in [0.05, 0.1) is 17.9 Å². The fourth-order valence-electron chi connectivity index (χ4n) is 3.93. The van der Waals surface area contributed by atoms with E-state index >= 15 is 0 Å². The van der Waals surface area contributed by atoms with Crippen molar-refractivity contribution in [2.75, 3.05) is 13.6 Å². The Morgan fingerprint density at radius 2 is 1.89 bits per heavy atom. The summed E-state index contributed by atoms with van der Waals surface area (Å²) < 4.78 is 0. The Balaban J connectivity index is 2.01. The topological polar surface area (TPSA) is 107 Å². The van der Waals surface area contributed by atoms with Gasteiger partial charge in [0.15, 0.2) is 0 Å². The van der Waals surface area contributed by atoms with Gasteiger partial charge < -0.3 is 20.4 Å². The summed E-state index contributed by atoms with van der Waals surface area (Å²) in [6.07, 6.45) is 5.97. The van der Waals surface area contributed by atoms with Crippen molar-refractivity contribution < 1.29 is 24.6 Å². The third-order valence-corrected chi connectivity index (χ3v) is 5.75. The van der Waals surface area contributed by atoms with Crippen LogP contribution in [0.15, 0.2) is 25.3 Å². The van der Waals surface area contributed by atoms with Gasteiger partial charge in [-0.3, -0.25) is 9.59 Å². The van der Waals surface area contributed by atoms with Crippen molar-refractivity contribution in [1.29, 1.82) is 0 Å². The van der Waals surface area contributed by atoms with Crippen LogP contribution in [-0.2, 0) is 14.4 Å². The zero-order valence-corrected chi connectivity index (χ0v) is 15.9. The standard InChI is InChI=1S/C20H30N2O5/c1-4-6-7-8-9-22(3)18(25)16-11-14(23)10-15(16)17(24)21-20(19(26)27)12-13(20)5-2/h4-5,13-16,23H,1-2,6-12H2,3H3,(H,21,24)(H,26,27)/t13?,14-,15+,16+,20?/m0/s1. The van der Waals surface area contributed by atoms with Gasteiger partial charge in [-0.1, -0.05) is 12.2 Å². The minimum atomic E-state index is -1.32. The number of amides is 2. The quantitative estimate of drug-likeness (QED) is 0.393. The highest BCUT2D eigenvalue weighted by molar-refractivity contribution is 5.94. The van der Waals surface area contributed by atoms with E-state index in [1.165, 1.54) is 6.08 Å². The summed E-state index contributed by atoms with van der Waals surface area (Å²) in [5.41, 5.74) is -1.32. The van der Waals surface area contributed by atoms with E-state index in [-0.39, 0.29) is 24.7 Å². The summed E-state index contributed by atoms with van der Waals surface area (Å²) in [5.74, 6) is -3.41. The Labute approximate surface area is 160 Å². The van der Waals surface area contributed by atoms with Crippen molar-refractivity contribution in [2.45, 2.75) is 50.2 Å². The van der Waals surface area contributed by atoms with Crippen LogP contribution in [0.2, 0.25) is 0 Å². The molecule has 0 heterocycles. The molecule has 7 heteroatoms. The lowest BCUT2D eigenvalue weighted by atomic mass is 9.93. The zero-order valence-electron chi connectivity index (χ0n) is 15.9. The highest BCUT2D eigenvalue weighted by atomic mass is 16.4. The van der Waals surface area contributed by atoms with Crippen LogP contribution < -0.4 is 5.32 Å². The Bertz CT molecular complexity index is 619. The first kappa shape index (κ1) is 21.2. The first-order chi connectivity index (χ1) is 12.8. The van der Waals surface area contributed by atoms with E-state index in [9.17, 15) is 24.6 Å². The van der Waals surface area contributed by atoms with Crippen molar-refractivity contribution >= 4 is 17.8 Å². The lowest BCUT2D eigenvalue weighted by Crippen LogP contribution is -2.49. The Hall–Kier alpha value is -2.15. The fourth-order valence-corrected chi connectivity index (χ4v) is 3.93. The van der Waals surface area contributed by atoms with Crippen LogP contribution in [0.5, 0.6) is 0 Å². The summed E-state index contributed by atoms with van der Waals surface area (Å²) in [6.45, 7) is 7.85. The SMILES string of the molecule is C=CCCCCN(C)C(=O)[C@@H]1C[C@@H](O)C[C@H]1C(=O)NC1(C(=O)O)CC1C=C. The van der Waals surface area contributed by atoms with Crippen LogP contribution in [0.3, 0.4) is 0 Å². The summed E-state index contributed by atoms with van der Waals surface area (Å²) >= 11 is 0. The molecular weight excluding hydrogens is 348 g/mol. The normalized spacial score (nSPS) is 31.8. The predicted molar refractivity (Wildman–Crippen MR) is 101 cm³/mol. The maximum atomic E-state index is 12.8. The second-order valence-electron chi connectivity index (χ2n) is 7.69. The lowest BCUT2D eigenvalue weighted by Gasteiger charge is -2.25. The number of hydrogen-bond donors (Lipinski definition) is 3. The highest BCUT2D eigenvalue weighted by Gasteiger charge is 2.61. The van der Waals surface area contributed by atoms with Crippen molar-refractivity contribution in [1.82, 2.24) is 10.2 Å². The summed E-state index contributed by atoms with van der Waals surface area (Å²) in [4.78, 5) is 38.7. The van der Waals surface area contributed by atoms with Gasteiger partial charge in [0, 0.05) is 19.5 Å². The molecule has 2 rings (SSSR count). The second-order valence-corrected chi connectivity index (χ2v) is 7.69. The number of rotatable bonds is 10. The molecule has 2 unspecified atom stereocenters. The number of allylic oxidation sites excluding steroid dienone is 1. The van der Waals surface area contributed by atoms with Gasteiger partial charge in [-0.05, 0) is 38.5 Å². The number of aliphatic carboxylic acids is 1. The number of hydrogen-bond acceptors (Lipinski definition) is 4. The van der Waals surface area contributed by atoms with Gasteiger partial charge in [0.1, 0.15) is 5.54 Å². The van der Waals surface area contributed by atoms with E-state index < -0.39 is 35.4 Å². The second kappa shape index (κ2) is 8.69. The molecule has 0 aromatic rings. The minimum Gasteiger partial charge on any atom is -0.479 e. The van der Waals surface area contributed by atoms with E-state index in [0.717, 1.165) is 19.3 Å². The predicted octanol–water partition coefficient (Wildman–Crippen LogP) is 1.33. The number of aliphatic hydroxyl groups excluding tert-OH is 1. The molecule has 0 saturated heterocycles. The number of carboxylic acid groups (broad SMARTS) is 1. The van der Waals surface area contributed by atoms with Gasteiger partial charge in [0.2, 0.25) is 11.8 Å². The molecule has 2 aliphatic carbocycles. The molecule has 2 aliphatic rings. The number of carboxylic acids is 1. The van der Waals surface area contributed by atoms with Crippen LogP contribution in [-0.4, -0.2) is 58.1 Å². The number of carbonyl (C=O) groups excluding carboxylic acids is 2. The average molecular weight is 378 g/mol. The fraction of sp³-hybridized carbons (Fsp3) is 0.650. The number of nitrogens with zero attached hydrogens (tertiary/aromatic N) is 1. The molecule has 0 aromatic carbocycles. The summed E-state index contributed by atoms with van der Waals surface area (Å²) in [7, 11) is 1.70. The third kappa shape index (κ3) is 4.58. The van der Waals surface area contributed by atoms with E-state index in [1.807, 2.05) is 6.08 Å². The van der Waals surface area contributed by atoms with Crippen molar-refractivity contribution in [3.05, 3.63) is 25.3 Å². The highest BCUT2D eigenvalue weighted by Crippen LogP contribution is 2.45. The molecule has 2 saturated carbocycles.